The molecule has 0 saturated carbocycles. The first-order valence-corrected chi connectivity index (χ1v) is 5.79. The lowest BCUT2D eigenvalue weighted by atomic mass is 10.1. The lowest BCUT2D eigenvalue weighted by molar-refractivity contribution is -0.278. The van der Waals surface area contributed by atoms with Crippen molar-refractivity contribution in [2.45, 2.75) is 25.6 Å². The number of alkyl halides is 9. The number of hydrogen-bond acceptors (Lipinski definition) is 4. The van der Waals surface area contributed by atoms with E-state index in [1.54, 1.807) is 0 Å². The maximum atomic E-state index is 12.3. The van der Waals surface area contributed by atoms with Gasteiger partial charge in [0.25, 0.3) is 0 Å². The van der Waals surface area contributed by atoms with E-state index in [1.165, 1.54) is 7.05 Å². The second kappa shape index (κ2) is 6.83. The van der Waals surface area contributed by atoms with E-state index in [4.69, 9.17) is 0 Å². The normalized spacial score (nSPS) is 12.9. The van der Waals surface area contributed by atoms with Gasteiger partial charge in [-0.25, -0.2) is 0 Å². The third-order valence-corrected chi connectivity index (χ3v) is 2.18. The molecule has 0 heterocycles. The van der Waals surface area contributed by atoms with Crippen molar-refractivity contribution in [1.29, 1.82) is 0 Å². The molecule has 0 saturated heterocycles. The summed E-state index contributed by atoms with van der Waals surface area (Å²) in [5, 5.41) is 2.25. The van der Waals surface area contributed by atoms with Crippen molar-refractivity contribution in [2.75, 3.05) is 7.05 Å². The molecule has 13 heteroatoms. The van der Waals surface area contributed by atoms with Gasteiger partial charge < -0.3 is 19.5 Å². The van der Waals surface area contributed by atoms with Crippen LogP contribution in [0.25, 0.3) is 0 Å². The SMILES string of the molecule is CNCc1c(OC(F)(F)F)cc(OC(F)(F)F)cc1OC(F)(F)F. The van der Waals surface area contributed by atoms with E-state index >= 15 is 0 Å². The van der Waals surface area contributed by atoms with Gasteiger partial charge in [-0.2, -0.15) is 0 Å². The van der Waals surface area contributed by atoms with Gasteiger partial charge in [0.05, 0.1) is 5.56 Å². The molecule has 1 aromatic carbocycles. The maximum absolute atomic E-state index is 12.3. The summed E-state index contributed by atoms with van der Waals surface area (Å²) in [6.07, 6.45) is -16.1. The summed E-state index contributed by atoms with van der Waals surface area (Å²) in [4.78, 5) is 0. The zero-order chi connectivity index (χ0) is 18.8. The number of hydrogen-bond donors (Lipinski definition) is 1. The summed E-state index contributed by atoms with van der Waals surface area (Å²) in [5.74, 6) is -4.04. The molecule has 0 bridgehead atoms. The molecule has 0 spiro atoms. The Morgan fingerprint density at radius 1 is 0.750 bits per heavy atom. The quantitative estimate of drug-likeness (QED) is 0.789. The monoisotopic (exact) mass is 373 g/mol. The predicted molar refractivity (Wildman–Crippen MR) is 59.3 cm³/mol. The Hall–Kier alpha value is -2.05. The van der Waals surface area contributed by atoms with Crippen molar-refractivity contribution in [2.24, 2.45) is 0 Å². The number of benzene rings is 1. The molecule has 0 atom stereocenters. The summed E-state index contributed by atoms with van der Waals surface area (Å²) >= 11 is 0. The van der Waals surface area contributed by atoms with Gasteiger partial charge in [-0.15, -0.1) is 39.5 Å². The van der Waals surface area contributed by atoms with Crippen LogP contribution in [0.4, 0.5) is 39.5 Å². The lowest BCUT2D eigenvalue weighted by Gasteiger charge is -2.20. The zero-order valence-electron chi connectivity index (χ0n) is 11.5. The first-order chi connectivity index (χ1) is 10.7. The number of halogens is 9. The molecule has 0 aromatic heterocycles. The van der Waals surface area contributed by atoms with Gasteiger partial charge in [0, 0.05) is 18.7 Å². The average Bonchev–Trinajstić information content (AvgIpc) is 2.27. The van der Waals surface area contributed by atoms with E-state index in [1.807, 2.05) is 0 Å². The highest BCUT2D eigenvalue weighted by molar-refractivity contribution is 5.51. The fraction of sp³-hybridized carbons (Fsp3) is 0.455. The summed E-state index contributed by atoms with van der Waals surface area (Å²) in [6.45, 7) is -0.622. The largest absolute Gasteiger partial charge is 0.573 e. The second-order valence-electron chi connectivity index (χ2n) is 4.07. The van der Waals surface area contributed by atoms with Crippen LogP contribution in [-0.2, 0) is 6.54 Å². The van der Waals surface area contributed by atoms with Crippen LogP contribution in [0.3, 0.4) is 0 Å². The van der Waals surface area contributed by atoms with E-state index in [9.17, 15) is 39.5 Å². The number of rotatable bonds is 5. The molecule has 0 fully saturated rings. The van der Waals surface area contributed by atoms with E-state index in [0.29, 0.717) is 0 Å². The van der Waals surface area contributed by atoms with Crippen LogP contribution in [0, 0.1) is 0 Å². The van der Waals surface area contributed by atoms with E-state index in [2.05, 4.69) is 19.5 Å². The third kappa shape index (κ3) is 7.02. The maximum Gasteiger partial charge on any atom is 0.573 e. The Morgan fingerprint density at radius 3 is 1.42 bits per heavy atom. The fourth-order valence-corrected chi connectivity index (χ4v) is 1.57. The van der Waals surface area contributed by atoms with Crippen LogP contribution in [0.5, 0.6) is 17.2 Å². The second-order valence-corrected chi connectivity index (χ2v) is 4.07. The van der Waals surface area contributed by atoms with Crippen LogP contribution < -0.4 is 19.5 Å². The number of nitrogens with one attached hydrogen (secondary N) is 1. The van der Waals surface area contributed by atoms with Crippen molar-refractivity contribution < 1.29 is 53.7 Å². The van der Waals surface area contributed by atoms with Crippen LogP contribution in [0.15, 0.2) is 12.1 Å². The Kier molecular flexibility index (Phi) is 5.69. The average molecular weight is 373 g/mol. The predicted octanol–water partition coefficient (Wildman–Crippen LogP) is 4.10. The van der Waals surface area contributed by atoms with Gasteiger partial charge in [-0.05, 0) is 7.05 Å². The van der Waals surface area contributed by atoms with E-state index in [0.717, 1.165) is 0 Å². The van der Waals surface area contributed by atoms with Gasteiger partial charge in [0.15, 0.2) is 0 Å². The van der Waals surface area contributed by atoms with Gasteiger partial charge in [-0.1, -0.05) is 0 Å². The molecule has 0 aliphatic carbocycles. The Labute approximate surface area is 128 Å². The molecule has 138 valence electrons. The van der Waals surface area contributed by atoms with E-state index < -0.39 is 48.4 Å². The smallest absolute Gasteiger partial charge is 0.406 e. The molecule has 1 rings (SSSR count). The summed E-state index contributed by atoms with van der Waals surface area (Å²) in [6, 6.07) is 0.299. The van der Waals surface area contributed by atoms with Gasteiger partial charge in [0.2, 0.25) is 0 Å². The minimum absolute atomic E-state index is 0.150. The van der Waals surface area contributed by atoms with Crippen LogP contribution in [0.1, 0.15) is 5.56 Å². The molecule has 0 aliphatic rings. The summed E-state index contributed by atoms with van der Waals surface area (Å²) in [5.41, 5.74) is -0.804. The minimum Gasteiger partial charge on any atom is -0.406 e. The number of ether oxygens (including phenoxy) is 3. The van der Waals surface area contributed by atoms with Crippen LogP contribution in [0.2, 0.25) is 0 Å². The topological polar surface area (TPSA) is 39.7 Å². The molecule has 1 aromatic rings. The highest BCUT2D eigenvalue weighted by Crippen LogP contribution is 2.40. The summed E-state index contributed by atoms with van der Waals surface area (Å²) in [7, 11) is 1.18. The molecular formula is C11H8F9NO3. The van der Waals surface area contributed by atoms with Crippen molar-refractivity contribution in [3.63, 3.8) is 0 Å². The molecule has 1 N–H and O–H groups in total. The Balaban J connectivity index is 3.44. The van der Waals surface area contributed by atoms with Crippen molar-refractivity contribution in [1.82, 2.24) is 5.32 Å². The van der Waals surface area contributed by atoms with E-state index in [-0.39, 0.29) is 12.1 Å². The molecular weight excluding hydrogens is 365 g/mol. The molecule has 24 heavy (non-hydrogen) atoms. The van der Waals surface area contributed by atoms with Crippen LogP contribution in [-0.4, -0.2) is 26.1 Å². The molecule has 0 aliphatic heterocycles. The zero-order valence-corrected chi connectivity index (χ0v) is 11.5. The van der Waals surface area contributed by atoms with Gasteiger partial charge in [0.1, 0.15) is 17.2 Å². The molecule has 4 nitrogen and oxygen atoms in total. The van der Waals surface area contributed by atoms with Crippen molar-refractivity contribution >= 4 is 0 Å². The minimum atomic E-state index is -5.37. The lowest BCUT2D eigenvalue weighted by Crippen LogP contribution is -2.23. The molecule has 0 unspecified atom stereocenters. The van der Waals surface area contributed by atoms with Crippen molar-refractivity contribution in [3.8, 4) is 17.2 Å². The summed E-state index contributed by atoms with van der Waals surface area (Å²) < 4.78 is 121. The van der Waals surface area contributed by atoms with Gasteiger partial charge >= 0.3 is 19.1 Å². The Morgan fingerprint density at radius 2 is 1.12 bits per heavy atom. The first kappa shape index (κ1) is 20.0. The van der Waals surface area contributed by atoms with Crippen LogP contribution >= 0.6 is 0 Å². The van der Waals surface area contributed by atoms with Crippen molar-refractivity contribution in [3.05, 3.63) is 17.7 Å². The highest BCUT2D eigenvalue weighted by atomic mass is 19.4. The third-order valence-electron chi connectivity index (χ3n) is 2.18. The molecule has 0 amide bonds. The Bertz CT molecular complexity index is 528. The fourth-order valence-electron chi connectivity index (χ4n) is 1.57. The first-order valence-electron chi connectivity index (χ1n) is 5.79. The van der Waals surface area contributed by atoms with Gasteiger partial charge in [-0.3, -0.25) is 0 Å². The molecule has 0 radical (unpaired) electrons. The highest BCUT2D eigenvalue weighted by Gasteiger charge is 2.38. The standard InChI is InChI=1S/C11H8F9NO3/c1-21-4-6-7(23-10(15,16)17)2-5(22-9(12,13)14)3-8(6)24-11(18,19)20/h2-3,21H,4H2,1H3.